The molecule has 0 heterocycles. The number of Topliss-reactive ketones (excluding diaryl/α,β-unsaturated/α-hetero) is 1. The number of ketones is 1. The molecule has 1 aromatic rings. The van der Waals surface area contributed by atoms with E-state index < -0.39 is 0 Å². The summed E-state index contributed by atoms with van der Waals surface area (Å²) in [5.74, 6) is 1.16. The zero-order valence-electron chi connectivity index (χ0n) is 13.2. The highest BCUT2D eigenvalue weighted by atomic mass is 16.5. The van der Waals surface area contributed by atoms with Crippen LogP contribution in [0.3, 0.4) is 0 Å². The standard InChI is InChI=1S/C17H26O4/c1-4-5-6-7-15(19)14(10-11-18)13-8-9-16(20-2)17(12-13)21-3/h8-9,12,14,18H,4-7,10-11H2,1-3H3. The van der Waals surface area contributed by atoms with E-state index in [4.69, 9.17) is 9.47 Å². The second kappa shape index (κ2) is 9.40. The Kier molecular flexibility index (Phi) is 7.83. The summed E-state index contributed by atoms with van der Waals surface area (Å²) in [5.41, 5.74) is 0.878. The largest absolute Gasteiger partial charge is 0.493 e. The highest BCUT2D eigenvalue weighted by molar-refractivity contribution is 5.85. The number of methoxy groups -OCH3 is 2. The first kappa shape index (κ1) is 17.5. The molecule has 0 amide bonds. The Morgan fingerprint density at radius 1 is 1.19 bits per heavy atom. The van der Waals surface area contributed by atoms with Gasteiger partial charge in [0.25, 0.3) is 0 Å². The molecular weight excluding hydrogens is 268 g/mol. The van der Waals surface area contributed by atoms with E-state index in [9.17, 15) is 9.90 Å². The fourth-order valence-electron chi connectivity index (χ4n) is 2.44. The first-order valence-electron chi connectivity index (χ1n) is 7.53. The van der Waals surface area contributed by atoms with Crippen LogP contribution in [0.4, 0.5) is 0 Å². The molecule has 1 aromatic carbocycles. The van der Waals surface area contributed by atoms with Crippen molar-refractivity contribution in [1.82, 2.24) is 0 Å². The third-order valence-corrected chi connectivity index (χ3v) is 3.64. The SMILES string of the molecule is CCCCCC(=O)C(CCO)c1ccc(OC)c(OC)c1. The Morgan fingerprint density at radius 3 is 2.48 bits per heavy atom. The van der Waals surface area contributed by atoms with Crippen LogP contribution >= 0.6 is 0 Å². The van der Waals surface area contributed by atoms with E-state index >= 15 is 0 Å². The molecule has 0 aliphatic heterocycles. The summed E-state index contributed by atoms with van der Waals surface area (Å²) in [6.45, 7) is 2.11. The van der Waals surface area contributed by atoms with Crippen molar-refractivity contribution in [3.05, 3.63) is 23.8 Å². The number of benzene rings is 1. The predicted molar refractivity (Wildman–Crippen MR) is 83.1 cm³/mol. The van der Waals surface area contributed by atoms with E-state index in [0.717, 1.165) is 24.8 Å². The maximum Gasteiger partial charge on any atom is 0.161 e. The first-order valence-corrected chi connectivity index (χ1v) is 7.53. The molecule has 0 aliphatic rings. The van der Waals surface area contributed by atoms with Gasteiger partial charge in [0.15, 0.2) is 11.5 Å². The van der Waals surface area contributed by atoms with Crippen molar-refractivity contribution in [3.63, 3.8) is 0 Å². The van der Waals surface area contributed by atoms with Crippen LogP contribution in [0, 0.1) is 0 Å². The predicted octanol–water partition coefficient (Wildman–Crippen LogP) is 3.32. The van der Waals surface area contributed by atoms with Gasteiger partial charge >= 0.3 is 0 Å². The van der Waals surface area contributed by atoms with Crippen LogP contribution in [0.2, 0.25) is 0 Å². The smallest absolute Gasteiger partial charge is 0.161 e. The number of rotatable bonds is 10. The molecule has 4 heteroatoms. The summed E-state index contributed by atoms with van der Waals surface area (Å²) in [6, 6.07) is 5.51. The van der Waals surface area contributed by atoms with Gasteiger partial charge in [0.1, 0.15) is 5.78 Å². The topological polar surface area (TPSA) is 55.8 Å². The van der Waals surface area contributed by atoms with Gasteiger partial charge in [-0.2, -0.15) is 0 Å². The van der Waals surface area contributed by atoms with Crippen molar-refractivity contribution < 1.29 is 19.4 Å². The molecule has 4 nitrogen and oxygen atoms in total. The second-order valence-electron chi connectivity index (χ2n) is 5.10. The Balaban J connectivity index is 2.91. The Bertz CT molecular complexity index is 442. The summed E-state index contributed by atoms with van der Waals surface area (Å²) < 4.78 is 10.5. The molecule has 1 rings (SSSR count). The van der Waals surface area contributed by atoms with E-state index in [2.05, 4.69) is 6.92 Å². The molecule has 1 unspecified atom stereocenters. The van der Waals surface area contributed by atoms with Crippen molar-refractivity contribution in [2.75, 3.05) is 20.8 Å². The number of aliphatic hydroxyl groups is 1. The highest BCUT2D eigenvalue weighted by Gasteiger charge is 2.21. The van der Waals surface area contributed by atoms with Gasteiger partial charge in [0.05, 0.1) is 14.2 Å². The van der Waals surface area contributed by atoms with Crippen molar-refractivity contribution in [3.8, 4) is 11.5 Å². The highest BCUT2D eigenvalue weighted by Crippen LogP contribution is 2.32. The van der Waals surface area contributed by atoms with Crippen LogP contribution < -0.4 is 9.47 Å². The molecule has 1 N–H and O–H groups in total. The van der Waals surface area contributed by atoms with E-state index in [0.29, 0.717) is 24.3 Å². The van der Waals surface area contributed by atoms with Gasteiger partial charge in [-0.1, -0.05) is 25.8 Å². The van der Waals surface area contributed by atoms with Crippen LogP contribution in [0.15, 0.2) is 18.2 Å². The molecule has 118 valence electrons. The minimum atomic E-state index is -0.272. The van der Waals surface area contributed by atoms with E-state index in [1.807, 2.05) is 12.1 Å². The Morgan fingerprint density at radius 2 is 1.90 bits per heavy atom. The molecule has 0 fully saturated rings. The van der Waals surface area contributed by atoms with Crippen molar-refractivity contribution in [2.24, 2.45) is 0 Å². The zero-order chi connectivity index (χ0) is 15.7. The molecule has 0 saturated carbocycles. The average molecular weight is 294 g/mol. The molecule has 1 atom stereocenters. The number of carbonyl (C=O) groups excluding carboxylic acids is 1. The maximum atomic E-state index is 12.4. The van der Waals surface area contributed by atoms with Gasteiger partial charge in [-0.3, -0.25) is 4.79 Å². The Hall–Kier alpha value is -1.55. The van der Waals surface area contributed by atoms with Crippen LogP contribution in [-0.2, 0) is 4.79 Å². The molecule has 0 spiro atoms. The number of aliphatic hydroxyl groups excluding tert-OH is 1. The van der Waals surface area contributed by atoms with Gasteiger partial charge < -0.3 is 14.6 Å². The normalized spacial score (nSPS) is 12.0. The monoisotopic (exact) mass is 294 g/mol. The molecule has 0 aromatic heterocycles. The summed E-state index contributed by atoms with van der Waals surface area (Å²) in [7, 11) is 3.16. The fraction of sp³-hybridized carbons (Fsp3) is 0.588. The molecule has 21 heavy (non-hydrogen) atoms. The minimum absolute atomic E-state index is 0.00146. The molecule has 0 bridgehead atoms. The third-order valence-electron chi connectivity index (χ3n) is 3.64. The van der Waals surface area contributed by atoms with Crippen LogP contribution in [0.25, 0.3) is 0 Å². The summed E-state index contributed by atoms with van der Waals surface area (Å²) >= 11 is 0. The van der Waals surface area contributed by atoms with Gasteiger partial charge in [0.2, 0.25) is 0 Å². The van der Waals surface area contributed by atoms with E-state index in [1.165, 1.54) is 0 Å². The Labute approximate surface area is 127 Å². The molecule has 0 radical (unpaired) electrons. The van der Waals surface area contributed by atoms with Gasteiger partial charge in [-0.25, -0.2) is 0 Å². The van der Waals surface area contributed by atoms with Crippen LogP contribution in [-0.4, -0.2) is 31.7 Å². The maximum absolute atomic E-state index is 12.4. The minimum Gasteiger partial charge on any atom is -0.493 e. The van der Waals surface area contributed by atoms with Crippen molar-refractivity contribution in [2.45, 2.75) is 44.9 Å². The van der Waals surface area contributed by atoms with E-state index in [1.54, 1.807) is 20.3 Å². The fourth-order valence-corrected chi connectivity index (χ4v) is 2.44. The average Bonchev–Trinajstić information content (AvgIpc) is 2.52. The van der Waals surface area contributed by atoms with Crippen LogP contribution in [0.1, 0.15) is 50.5 Å². The summed E-state index contributed by atoms with van der Waals surface area (Å²) in [5, 5.41) is 9.24. The molecule has 0 saturated heterocycles. The summed E-state index contributed by atoms with van der Waals surface area (Å²) in [4.78, 5) is 12.4. The quantitative estimate of drug-likeness (QED) is 0.673. The van der Waals surface area contributed by atoms with Gasteiger partial charge in [-0.15, -0.1) is 0 Å². The summed E-state index contributed by atoms with van der Waals surface area (Å²) in [6.07, 6.45) is 4.07. The van der Waals surface area contributed by atoms with E-state index in [-0.39, 0.29) is 18.3 Å². The lowest BCUT2D eigenvalue weighted by atomic mass is 9.89. The number of unbranched alkanes of at least 4 members (excludes halogenated alkanes) is 2. The first-order chi connectivity index (χ1) is 10.2. The molecular formula is C17H26O4. The number of ether oxygens (including phenoxy) is 2. The molecule has 0 aliphatic carbocycles. The zero-order valence-corrected chi connectivity index (χ0v) is 13.2. The van der Waals surface area contributed by atoms with Crippen molar-refractivity contribution >= 4 is 5.78 Å². The van der Waals surface area contributed by atoms with Crippen LogP contribution in [0.5, 0.6) is 11.5 Å². The second-order valence-corrected chi connectivity index (χ2v) is 5.10. The number of hydrogen-bond acceptors (Lipinski definition) is 4. The number of hydrogen-bond donors (Lipinski definition) is 1. The van der Waals surface area contributed by atoms with Crippen molar-refractivity contribution in [1.29, 1.82) is 0 Å². The lowest BCUT2D eigenvalue weighted by Gasteiger charge is -2.17. The number of carbonyl (C=O) groups is 1. The lowest BCUT2D eigenvalue weighted by molar-refractivity contribution is -0.121. The lowest BCUT2D eigenvalue weighted by Crippen LogP contribution is -2.14. The third kappa shape index (κ3) is 5.05. The van der Waals surface area contributed by atoms with Gasteiger partial charge in [-0.05, 0) is 30.5 Å². The van der Waals surface area contributed by atoms with Gasteiger partial charge in [0, 0.05) is 18.9 Å².